The van der Waals surface area contributed by atoms with Crippen LogP contribution >= 0.6 is 11.8 Å². The lowest BCUT2D eigenvalue weighted by atomic mass is 10.1. The van der Waals surface area contributed by atoms with Crippen LogP contribution in [0.15, 0.2) is 54.6 Å². The third-order valence-electron chi connectivity index (χ3n) is 4.80. The molecule has 0 radical (unpaired) electrons. The largest absolute Gasteiger partial charge is 0.497 e. The van der Waals surface area contributed by atoms with E-state index >= 15 is 0 Å². The van der Waals surface area contributed by atoms with Gasteiger partial charge in [0.15, 0.2) is 0 Å². The summed E-state index contributed by atoms with van der Waals surface area (Å²) >= 11 is 1.56. The van der Waals surface area contributed by atoms with Gasteiger partial charge in [-0.05, 0) is 57.4 Å². The predicted molar refractivity (Wildman–Crippen MR) is 128 cm³/mol. The second-order valence-corrected chi connectivity index (χ2v) is 9.56. The van der Waals surface area contributed by atoms with Gasteiger partial charge in [0.25, 0.3) is 0 Å². The van der Waals surface area contributed by atoms with Gasteiger partial charge in [0.2, 0.25) is 11.8 Å². The molecule has 0 aliphatic carbocycles. The molecule has 0 spiro atoms. The number of ether oxygens (including phenoxy) is 1. The Hall–Kier alpha value is -2.47. The van der Waals surface area contributed by atoms with Crippen LogP contribution in [0.3, 0.4) is 0 Å². The van der Waals surface area contributed by atoms with Crippen molar-refractivity contribution in [2.75, 3.05) is 19.4 Å². The van der Waals surface area contributed by atoms with E-state index in [1.165, 1.54) is 0 Å². The van der Waals surface area contributed by atoms with Gasteiger partial charge in [0, 0.05) is 17.8 Å². The Morgan fingerprint density at radius 2 is 1.68 bits per heavy atom. The van der Waals surface area contributed by atoms with E-state index in [4.69, 9.17) is 4.74 Å². The number of carbonyl (C=O) groups is 2. The normalized spacial score (nSPS) is 12.2. The van der Waals surface area contributed by atoms with Crippen molar-refractivity contribution >= 4 is 23.6 Å². The van der Waals surface area contributed by atoms with E-state index in [0.29, 0.717) is 18.7 Å². The summed E-state index contributed by atoms with van der Waals surface area (Å²) in [7, 11) is 1.64. The molecule has 0 heterocycles. The maximum Gasteiger partial charge on any atom is 0.242 e. The first-order valence-electron chi connectivity index (χ1n) is 10.6. The third kappa shape index (κ3) is 8.66. The lowest BCUT2D eigenvalue weighted by Crippen LogP contribution is -2.53. The number of methoxy groups -OCH3 is 1. The van der Waals surface area contributed by atoms with Crippen LogP contribution in [-0.4, -0.2) is 47.7 Å². The van der Waals surface area contributed by atoms with Crippen LogP contribution in [0.25, 0.3) is 0 Å². The lowest BCUT2D eigenvalue weighted by Gasteiger charge is -2.31. The number of carbonyl (C=O) groups excluding carboxylic acids is 2. The molecule has 31 heavy (non-hydrogen) atoms. The number of thioether (sulfide) groups is 1. The molecule has 5 nitrogen and oxygen atoms in total. The van der Waals surface area contributed by atoms with E-state index in [2.05, 4.69) is 5.32 Å². The second kappa shape index (κ2) is 11.8. The van der Waals surface area contributed by atoms with Gasteiger partial charge in [-0.3, -0.25) is 9.59 Å². The molecule has 1 atom stereocenters. The first-order chi connectivity index (χ1) is 14.7. The second-order valence-electron chi connectivity index (χ2n) is 8.58. The molecule has 2 aromatic rings. The van der Waals surface area contributed by atoms with E-state index in [0.717, 1.165) is 22.6 Å². The zero-order valence-corrected chi connectivity index (χ0v) is 20.0. The molecular formula is C25H34N2O3S. The van der Waals surface area contributed by atoms with E-state index in [1.807, 2.05) is 75.4 Å². The Bertz CT molecular complexity index is 832. The van der Waals surface area contributed by atoms with Gasteiger partial charge in [0.05, 0.1) is 12.9 Å². The van der Waals surface area contributed by atoms with Gasteiger partial charge in [0.1, 0.15) is 11.8 Å². The minimum Gasteiger partial charge on any atom is -0.497 e. The summed E-state index contributed by atoms with van der Waals surface area (Å²) in [5.74, 6) is 1.72. The number of nitrogens with zero attached hydrogens (tertiary/aromatic N) is 1. The minimum atomic E-state index is -0.531. The van der Waals surface area contributed by atoms with Gasteiger partial charge in [-0.25, -0.2) is 0 Å². The molecule has 0 aromatic heterocycles. The van der Waals surface area contributed by atoms with E-state index in [9.17, 15) is 9.59 Å². The molecule has 0 unspecified atom stereocenters. The summed E-state index contributed by atoms with van der Waals surface area (Å²) in [6.45, 7) is 8.14. The molecule has 2 amide bonds. The molecule has 0 saturated heterocycles. The van der Waals surface area contributed by atoms with Crippen molar-refractivity contribution in [1.29, 1.82) is 0 Å². The van der Waals surface area contributed by atoms with Crippen LogP contribution in [0.4, 0.5) is 0 Å². The van der Waals surface area contributed by atoms with Crippen LogP contribution in [0.2, 0.25) is 0 Å². The molecule has 0 aliphatic rings. The molecule has 1 N–H and O–H groups in total. The summed E-state index contributed by atoms with van der Waals surface area (Å²) in [5.41, 5.74) is 1.94. The number of rotatable bonds is 10. The fraction of sp³-hybridized carbons (Fsp3) is 0.440. The van der Waals surface area contributed by atoms with E-state index in [-0.39, 0.29) is 17.4 Å². The highest BCUT2D eigenvalue weighted by atomic mass is 32.2. The summed E-state index contributed by atoms with van der Waals surface area (Å²) < 4.78 is 5.18. The van der Waals surface area contributed by atoms with Gasteiger partial charge in [-0.1, -0.05) is 42.5 Å². The van der Waals surface area contributed by atoms with Crippen molar-refractivity contribution in [3.05, 3.63) is 65.7 Å². The molecule has 0 aliphatic heterocycles. The highest BCUT2D eigenvalue weighted by Crippen LogP contribution is 2.18. The number of hydrogen-bond donors (Lipinski definition) is 1. The Morgan fingerprint density at radius 3 is 2.26 bits per heavy atom. The number of benzene rings is 2. The SMILES string of the molecule is COc1ccc(CSCC(=O)N(CCc2ccccc2)[C@@H](C)C(=O)NC(C)(C)C)cc1. The highest BCUT2D eigenvalue weighted by molar-refractivity contribution is 7.99. The van der Waals surface area contributed by atoms with Crippen molar-refractivity contribution in [1.82, 2.24) is 10.2 Å². The van der Waals surface area contributed by atoms with Crippen LogP contribution in [0.1, 0.15) is 38.8 Å². The van der Waals surface area contributed by atoms with Crippen molar-refractivity contribution in [3.63, 3.8) is 0 Å². The average Bonchev–Trinajstić information content (AvgIpc) is 2.73. The Kier molecular flexibility index (Phi) is 9.44. The molecule has 2 rings (SSSR count). The molecule has 0 fully saturated rings. The lowest BCUT2D eigenvalue weighted by molar-refractivity contribution is -0.138. The van der Waals surface area contributed by atoms with Gasteiger partial charge in [-0.2, -0.15) is 0 Å². The Balaban J connectivity index is 2.00. The van der Waals surface area contributed by atoms with Crippen LogP contribution in [0, 0.1) is 0 Å². The van der Waals surface area contributed by atoms with Crippen LogP contribution in [0.5, 0.6) is 5.75 Å². The first-order valence-corrected chi connectivity index (χ1v) is 11.7. The van der Waals surface area contributed by atoms with Crippen molar-refractivity contribution in [3.8, 4) is 5.75 Å². The maximum atomic E-state index is 13.1. The van der Waals surface area contributed by atoms with Crippen LogP contribution in [-0.2, 0) is 21.8 Å². The fourth-order valence-electron chi connectivity index (χ4n) is 3.11. The molecule has 0 bridgehead atoms. The van der Waals surface area contributed by atoms with E-state index in [1.54, 1.807) is 30.7 Å². The molecule has 2 aromatic carbocycles. The zero-order chi connectivity index (χ0) is 22.9. The van der Waals surface area contributed by atoms with Crippen molar-refractivity contribution in [2.24, 2.45) is 0 Å². The number of amides is 2. The number of hydrogen-bond acceptors (Lipinski definition) is 4. The Labute approximate surface area is 190 Å². The predicted octanol–water partition coefficient (Wildman–Crippen LogP) is 4.30. The van der Waals surface area contributed by atoms with Crippen molar-refractivity contribution in [2.45, 2.75) is 51.4 Å². The summed E-state index contributed by atoms with van der Waals surface area (Å²) in [6.07, 6.45) is 0.711. The molecule has 6 heteroatoms. The summed E-state index contributed by atoms with van der Waals surface area (Å²) in [4.78, 5) is 27.5. The highest BCUT2D eigenvalue weighted by Gasteiger charge is 2.27. The summed E-state index contributed by atoms with van der Waals surface area (Å²) in [6, 6.07) is 17.3. The minimum absolute atomic E-state index is 0.0222. The smallest absolute Gasteiger partial charge is 0.242 e. The van der Waals surface area contributed by atoms with E-state index < -0.39 is 6.04 Å². The standard InChI is InChI=1S/C25H34N2O3S/c1-19(24(29)26-25(2,3)4)27(16-15-20-9-7-6-8-10-20)23(28)18-31-17-21-11-13-22(30-5)14-12-21/h6-14,19H,15-18H2,1-5H3,(H,26,29)/t19-/m0/s1. The monoisotopic (exact) mass is 442 g/mol. The van der Waals surface area contributed by atoms with Crippen molar-refractivity contribution < 1.29 is 14.3 Å². The Morgan fingerprint density at radius 1 is 1.03 bits per heavy atom. The fourth-order valence-corrected chi connectivity index (χ4v) is 3.98. The summed E-state index contributed by atoms with van der Waals surface area (Å²) in [5, 5.41) is 2.99. The van der Waals surface area contributed by atoms with Crippen LogP contribution < -0.4 is 10.1 Å². The first kappa shape index (κ1) is 24.8. The topological polar surface area (TPSA) is 58.6 Å². The zero-order valence-electron chi connectivity index (χ0n) is 19.2. The molecule has 168 valence electrons. The van der Waals surface area contributed by atoms with Gasteiger partial charge >= 0.3 is 0 Å². The molecule has 0 saturated carbocycles. The molecular weight excluding hydrogens is 408 g/mol. The average molecular weight is 443 g/mol. The third-order valence-corrected chi connectivity index (χ3v) is 5.79. The van der Waals surface area contributed by atoms with Gasteiger partial charge < -0.3 is 15.0 Å². The number of nitrogens with one attached hydrogen (secondary N) is 1. The van der Waals surface area contributed by atoms with Gasteiger partial charge in [-0.15, -0.1) is 11.8 Å². The quantitative estimate of drug-likeness (QED) is 0.596. The maximum absolute atomic E-state index is 13.1.